The molecule has 0 bridgehead atoms. The molecule has 1 fully saturated rings. The minimum Gasteiger partial charge on any atom is -0.480 e. The third-order valence-electron chi connectivity index (χ3n) is 3.14. The van der Waals surface area contributed by atoms with E-state index in [0.29, 0.717) is 13.2 Å². The van der Waals surface area contributed by atoms with E-state index in [1.54, 1.807) is 13.8 Å². The first-order valence-electron chi connectivity index (χ1n) is 6.25. The summed E-state index contributed by atoms with van der Waals surface area (Å²) in [6.07, 6.45) is 1.89. The van der Waals surface area contributed by atoms with Crippen LogP contribution in [0.15, 0.2) is 0 Å². The van der Waals surface area contributed by atoms with E-state index in [0.717, 1.165) is 12.8 Å². The lowest BCUT2D eigenvalue weighted by atomic mass is 10.0. The van der Waals surface area contributed by atoms with Gasteiger partial charge in [-0.3, -0.25) is 0 Å². The highest BCUT2D eigenvalue weighted by atomic mass is 16.5. The molecule has 18 heavy (non-hydrogen) atoms. The van der Waals surface area contributed by atoms with Crippen LogP contribution in [0, 0.1) is 5.92 Å². The summed E-state index contributed by atoms with van der Waals surface area (Å²) < 4.78 is 5.53. The summed E-state index contributed by atoms with van der Waals surface area (Å²) in [5.74, 6) is -1.19. The van der Waals surface area contributed by atoms with Crippen LogP contribution in [0.3, 0.4) is 0 Å². The molecule has 0 aromatic heterocycles. The van der Waals surface area contributed by atoms with Gasteiger partial charge in [0.2, 0.25) is 0 Å². The first kappa shape index (κ1) is 14.8. The Bertz CT molecular complexity index is 311. The fraction of sp³-hybridized carbons (Fsp3) is 0.833. The fourth-order valence-corrected chi connectivity index (χ4v) is 1.95. The number of carbonyl (C=O) groups is 2. The van der Waals surface area contributed by atoms with Crippen LogP contribution >= 0.6 is 0 Å². The number of urea groups is 1. The molecular formula is C12H22N2O4. The van der Waals surface area contributed by atoms with Crippen LogP contribution in [0.4, 0.5) is 4.79 Å². The van der Waals surface area contributed by atoms with E-state index in [4.69, 9.17) is 9.84 Å². The average molecular weight is 258 g/mol. The summed E-state index contributed by atoms with van der Waals surface area (Å²) in [5.41, 5.74) is -0.326. The maximum atomic E-state index is 11.6. The second kappa shape index (κ2) is 6.04. The van der Waals surface area contributed by atoms with Crippen molar-refractivity contribution in [1.29, 1.82) is 0 Å². The molecule has 104 valence electrons. The van der Waals surface area contributed by atoms with Crippen molar-refractivity contribution in [2.75, 3.05) is 13.2 Å². The number of carbonyl (C=O) groups excluding carboxylic acids is 1. The van der Waals surface area contributed by atoms with Crippen LogP contribution in [0.1, 0.15) is 33.6 Å². The fourth-order valence-electron chi connectivity index (χ4n) is 1.95. The minimum atomic E-state index is -1.02. The molecule has 1 aliphatic rings. The van der Waals surface area contributed by atoms with E-state index in [2.05, 4.69) is 10.6 Å². The average Bonchev–Trinajstić information content (AvgIpc) is 2.70. The largest absolute Gasteiger partial charge is 0.480 e. The van der Waals surface area contributed by atoms with Gasteiger partial charge < -0.3 is 20.5 Å². The monoisotopic (exact) mass is 258 g/mol. The Kier molecular flexibility index (Phi) is 4.95. The van der Waals surface area contributed by atoms with Gasteiger partial charge in [0.25, 0.3) is 0 Å². The molecule has 0 spiro atoms. The van der Waals surface area contributed by atoms with Crippen molar-refractivity contribution < 1.29 is 19.4 Å². The number of ether oxygens (including phenoxy) is 1. The van der Waals surface area contributed by atoms with Gasteiger partial charge >= 0.3 is 12.0 Å². The van der Waals surface area contributed by atoms with Gasteiger partial charge in [-0.25, -0.2) is 9.59 Å². The van der Waals surface area contributed by atoms with Crippen molar-refractivity contribution in [1.82, 2.24) is 10.6 Å². The smallest absolute Gasteiger partial charge is 0.326 e. The maximum absolute atomic E-state index is 11.6. The quantitative estimate of drug-likeness (QED) is 0.685. The Morgan fingerprint density at radius 2 is 2.11 bits per heavy atom. The van der Waals surface area contributed by atoms with Crippen molar-refractivity contribution in [3.05, 3.63) is 0 Å². The van der Waals surface area contributed by atoms with Gasteiger partial charge in [-0.1, -0.05) is 13.8 Å². The minimum absolute atomic E-state index is 0.161. The Balaban J connectivity index is 2.38. The van der Waals surface area contributed by atoms with Gasteiger partial charge in [0.1, 0.15) is 6.04 Å². The number of carboxylic acids is 1. The summed E-state index contributed by atoms with van der Waals surface area (Å²) >= 11 is 0. The summed E-state index contributed by atoms with van der Waals surface area (Å²) in [5, 5.41) is 14.1. The molecule has 6 heteroatoms. The number of rotatable bonds is 5. The van der Waals surface area contributed by atoms with E-state index in [1.165, 1.54) is 0 Å². The number of aliphatic carboxylic acids is 1. The summed E-state index contributed by atoms with van der Waals surface area (Å²) in [7, 11) is 0. The molecule has 2 amide bonds. The summed E-state index contributed by atoms with van der Waals surface area (Å²) in [4.78, 5) is 22.6. The molecule has 6 nitrogen and oxygen atoms in total. The van der Waals surface area contributed by atoms with Crippen LogP contribution in [-0.2, 0) is 9.53 Å². The number of hydrogen-bond donors (Lipinski definition) is 3. The number of amides is 2. The second-order valence-corrected chi connectivity index (χ2v) is 5.29. The number of carboxylic acid groups (broad SMARTS) is 1. The lowest BCUT2D eigenvalue weighted by molar-refractivity contribution is -0.140. The van der Waals surface area contributed by atoms with Crippen molar-refractivity contribution in [3.8, 4) is 0 Å². The van der Waals surface area contributed by atoms with Crippen molar-refractivity contribution in [3.63, 3.8) is 0 Å². The van der Waals surface area contributed by atoms with Gasteiger partial charge in [0, 0.05) is 13.2 Å². The van der Waals surface area contributed by atoms with E-state index in [9.17, 15) is 9.59 Å². The zero-order valence-electron chi connectivity index (χ0n) is 11.2. The van der Waals surface area contributed by atoms with Crippen LogP contribution in [0.25, 0.3) is 0 Å². The SMILES string of the molecule is CC(C)[C@@H](NC(=O)NCC1(C)CCCO1)C(=O)O. The Morgan fingerprint density at radius 1 is 1.44 bits per heavy atom. The molecule has 0 radical (unpaired) electrons. The molecule has 1 unspecified atom stereocenters. The Hall–Kier alpha value is -1.30. The van der Waals surface area contributed by atoms with Gasteiger partial charge in [0.05, 0.1) is 5.60 Å². The Morgan fingerprint density at radius 3 is 2.56 bits per heavy atom. The highest BCUT2D eigenvalue weighted by molar-refractivity contribution is 5.82. The molecule has 1 heterocycles. The summed E-state index contributed by atoms with van der Waals surface area (Å²) in [6, 6.07) is -1.34. The van der Waals surface area contributed by atoms with Gasteiger partial charge in [0.15, 0.2) is 0 Å². The van der Waals surface area contributed by atoms with Crippen molar-refractivity contribution >= 4 is 12.0 Å². The van der Waals surface area contributed by atoms with Gasteiger partial charge in [-0.2, -0.15) is 0 Å². The van der Waals surface area contributed by atoms with E-state index in [1.807, 2.05) is 6.92 Å². The summed E-state index contributed by atoms with van der Waals surface area (Å²) in [6.45, 7) is 6.55. The predicted molar refractivity (Wildman–Crippen MR) is 66.4 cm³/mol. The zero-order chi connectivity index (χ0) is 13.8. The Labute approximate surface area is 107 Å². The number of nitrogens with one attached hydrogen (secondary N) is 2. The molecule has 0 aromatic carbocycles. The first-order chi connectivity index (χ1) is 8.34. The van der Waals surface area contributed by atoms with Crippen LogP contribution < -0.4 is 10.6 Å². The van der Waals surface area contributed by atoms with E-state index >= 15 is 0 Å². The van der Waals surface area contributed by atoms with Crippen molar-refractivity contribution in [2.45, 2.75) is 45.3 Å². The maximum Gasteiger partial charge on any atom is 0.326 e. The van der Waals surface area contributed by atoms with Crippen LogP contribution in [0.2, 0.25) is 0 Å². The molecule has 1 saturated heterocycles. The van der Waals surface area contributed by atoms with Gasteiger partial charge in [-0.05, 0) is 25.7 Å². The molecule has 0 saturated carbocycles. The molecule has 0 aromatic rings. The van der Waals surface area contributed by atoms with E-state index in [-0.39, 0.29) is 11.5 Å². The standard InChI is InChI=1S/C12H22N2O4/c1-8(2)9(10(15)16)14-11(17)13-7-12(3)5-4-6-18-12/h8-9H,4-7H2,1-3H3,(H,15,16)(H2,13,14,17)/t9-,12?/m1/s1. The molecular weight excluding hydrogens is 236 g/mol. The topological polar surface area (TPSA) is 87.7 Å². The highest BCUT2D eigenvalue weighted by Crippen LogP contribution is 2.23. The first-order valence-corrected chi connectivity index (χ1v) is 6.25. The highest BCUT2D eigenvalue weighted by Gasteiger charge is 2.31. The number of hydrogen-bond acceptors (Lipinski definition) is 3. The molecule has 3 N–H and O–H groups in total. The third-order valence-corrected chi connectivity index (χ3v) is 3.14. The third kappa shape index (κ3) is 4.18. The molecule has 1 aliphatic heterocycles. The van der Waals surface area contributed by atoms with Crippen LogP contribution in [-0.4, -0.2) is 41.9 Å². The normalized spacial score (nSPS) is 24.9. The second-order valence-electron chi connectivity index (χ2n) is 5.29. The predicted octanol–water partition coefficient (Wildman–Crippen LogP) is 0.964. The molecule has 1 rings (SSSR count). The lowest BCUT2D eigenvalue weighted by Gasteiger charge is -2.24. The van der Waals surface area contributed by atoms with Crippen LogP contribution in [0.5, 0.6) is 0 Å². The van der Waals surface area contributed by atoms with E-state index < -0.39 is 18.0 Å². The van der Waals surface area contributed by atoms with Gasteiger partial charge in [-0.15, -0.1) is 0 Å². The molecule has 2 atom stereocenters. The molecule has 0 aliphatic carbocycles. The zero-order valence-corrected chi connectivity index (χ0v) is 11.2. The lowest BCUT2D eigenvalue weighted by Crippen LogP contribution is -2.51. The van der Waals surface area contributed by atoms with Crippen molar-refractivity contribution in [2.24, 2.45) is 5.92 Å².